The van der Waals surface area contributed by atoms with Gasteiger partial charge in [0.05, 0.1) is 21.0 Å². The molecule has 1 aliphatic carbocycles. The van der Waals surface area contributed by atoms with Crippen molar-refractivity contribution in [2.75, 3.05) is 11.6 Å². The topological polar surface area (TPSA) is 76.1 Å². The fourth-order valence-corrected chi connectivity index (χ4v) is 7.00. The van der Waals surface area contributed by atoms with Crippen molar-refractivity contribution in [3.63, 3.8) is 0 Å². The summed E-state index contributed by atoms with van der Waals surface area (Å²) in [5.41, 5.74) is 1.69. The first-order chi connectivity index (χ1) is 14.3. The first-order valence-electron chi connectivity index (χ1n) is 9.97. The Bertz CT molecular complexity index is 1150. The SMILES string of the molecule is CS(=O)(=O)c1ccc(C(CC2CCCC2)C(=O)Nc2nc3ccccc3s2)cc1Br. The van der Waals surface area contributed by atoms with E-state index in [0.29, 0.717) is 15.5 Å². The third kappa shape index (κ3) is 4.76. The zero-order valence-electron chi connectivity index (χ0n) is 16.6. The van der Waals surface area contributed by atoms with Crippen LogP contribution in [0.3, 0.4) is 0 Å². The van der Waals surface area contributed by atoms with E-state index >= 15 is 0 Å². The maximum absolute atomic E-state index is 13.3. The third-order valence-electron chi connectivity index (χ3n) is 5.64. The molecule has 158 valence electrons. The van der Waals surface area contributed by atoms with E-state index in [0.717, 1.165) is 35.0 Å². The number of nitrogens with zero attached hydrogens (tertiary/aromatic N) is 1. The molecule has 1 unspecified atom stereocenters. The van der Waals surface area contributed by atoms with Crippen LogP contribution in [0.4, 0.5) is 5.13 Å². The lowest BCUT2D eigenvalue weighted by Crippen LogP contribution is -2.23. The number of fused-ring (bicyclic) bond motifs is 1. The molecule has 1 heterocycles. The molecule has 1 fully saturated rings. The molecule has 8 heteroatoms. The van der Waals surface area contributed by atoms with Gasteiger partial charge in [0.15, 0.2) is 15.0 Å². The number of hydrogen-bond acceptors (Lipinski definition) is 5. The van der Waals surface area contributed by atoms with E-state index in [1.165, 1.54) is 30.4 Å². The molecule has 0 bridgehead atoms. The zero-order chi connectivity index (χ0) is 21.3. The normalized spacial score (nSPS) is 16.1. The minimum atomic E-state index is -3.34. The van der Waals surface area contributed by atoms with Crippen molar-refractivity contribution in [3.8, 4) is 0 Å². The first kappa shape index (κ1) is 21.5. The number of nitrogens with one attached hydrogen (secondary N) is 1. The quantitative estimate of drug-likeness (QED) is 0.460. The van der Waals surface area contributed by atoms with Crippen LogP contribution in [0.25, 0.3) is 10.2 Å². The Balaban J connectivity index is 1.63. The van der Waals surface area contributed by atoms with Gasteiger partial charge < -0.3 is 5.32 Å². The molecular weight excluding hydrogens is 484 g/mol. The fourth-order valence-electron chi connectivity index (χ4n) is 4.13. The highest BCUT2D eigenvalue weighted by Crippen LogP contribution is 2.37. The smallest absolute Gasteiger partial charge is 0.233 e. The summed E-state index contributed by atoms with van der Waals surface area (Å²) in [7, 11) is -3.34. The maximum atomic E-state index is 13.3. The highest BCUT2D eigenvalue weighted by atomic mass is 79.9. The highest BCUT2D eigenvalue weighted by Gasteiger charge is 2.28. The second kappa shape index (κ2) is 8.77. The lowest BCUT2D eigenvalue weighted by Gasteiger charge is -2.21. The molecule has 1 aromatic heterocycles. The van der Waals surface area contributed by atoms with Gasteiger partial charge in [-0.2, -0.15) is 0 Å². The summed E-state index contributed by atoms with van der Waals surface area (Å²) in [6.45, 7) is 0. The van der Waals surface area contributed by atoms with Crippen molar-refractivity contribution in [2.24, 2.45) is 5.92 Å². The molecule has 3 aromatic rings. The van der Waals surface area contributed by atoms with E-state index in [1.54, 1.807) is 18.2 Å². The number of anilines is 1. The number of benzene rings is 2. The summed E-state index contributed by atoms with van der Waals surface area (Å²) in [4.78, 5) is 18.0. The van der Waals surface area contributed by atoms with Crippen molar-refractivity contribution in [1.82, 2.24) is 4.98 Å². The number of rotatable bonds is 6. The number of sulfone groups is 1. The van der Waals surface area contributed by atoms with Crippen LogP contribution in [-0.4, -0.2) is 25.6 Å². The van der Waals surface area contributed by atoms with Gasteiger partial charge in [0.2, 0.25) is 5.91 Å². The zero-order valence-corrected chi connectivity index (χ0v) is 19.8. The van der Waals surface area contributed by atoms with Gasteiger partial charge in [-0.3, -0.25) is 4.79 Å². The standard InChI is InChI=1S/C22H23BrN2O3S2/c1-30(27,28)20-11-10-15(13-17(20)23)16(12-14-6-2-3-7-14)21(26)25-22-24-18-8-4-5-9-19(18)29-22/h4-5,8-11,13-14,16H,2-3,6-7,12H2,1H3,(H,24,25,26). The average Bonchev–Trinajstić information content (AvgIpc) is 3.33. The minimum absolute atomic E-state index is 0.0973. The summed E-state index contributed by atoms with van der Waals surface area (Å²) in [5.74, 6) is 0.0504. The van der Waals surface area contributed by atoms with E-state index in [9.17, 15) is 13.2 Å². The maximum Gasteiger partial charge on any atom is 0.233 e. The van der Waals surface area contributed by atoms with Gasteiger partial charge in [0.25, 0.3) is 0 Å². The molecule has 1 N–H and O–H groups in total. The van der Waals surface area contributed by atoms with Crippen LogP contribution in [0, 0.1) is 5.92 Å². The molecule has 1 aliphatic rings. The van der Waals surface area contributed by atoms with Gasteiger partial charge in [-0.1, -0.05) is 55.2 Å². The number of halogens is 1. The molecule has 1 saturated carbocycles. The number of carbonyl (C=O) groups excluding carboxylic acids is 1. The second-order valence-electron chi connectivity index (χ2n) is 7.88. The van der Waals surface area contributed by atoms with E-state index < -0.39 is 9.84 Å². The van der Waals surface area contributed by atoms with Crippen molar-refractivity contribution in [1.29, 1.82) is 0 Å². The molecule has 0 aliphatic heterocycles. The molecular formula is C22H23BrN2O3S2. The molecule has 4 rings (SSSR count). The largest absolute Gasteiger partial charge is 0.301 e. The number of carbonyl (C=O) groups is 1. The van der Waals surface area contributed by atoms with Gasteiger partial charge in [0, 0.05) is 10.7 Å². The van der Waals surface area contributed by atoms with Crippen LogP contribution in [-0.2, 0) is 14.6 Å². The van der Waals surface area contributed by atoms with Gasteiger partial charge in [-0.05, 0) is 58.1 Å². The fraction of sp³-hybridized carbons (Fsp3) is 0.364. The van der Waals surface area contributed by atoms with E-state index in [1.807, 2.05) is 24.3 Å². The van der Waals surface area contributed by atoms with Crippen LogP contribution < -0.4 is 5.32 Å². The number of aromatic nitrogens is 1. The summed E-state index contributed by atoms with van der Waals surface area (Å²) in [5, 5.41) is 3.59. The summed E-state index contributed by atoms with van der Waals surface area (Å²) < 4.78 is 25.4. The summed E-state index contributed by atoms with van der Waals surface area (Å²) in [6.07, 6.45) is 6.60. The predicted molar refractivity (Wildman–Crippen MR) is 125 cm³/mol. The van der Waals surface area contributed by atoms with E-state index in [2.05, 4.69) is 26.2 Å². The molecule has 1 amide bonds. The van der Waals surface area contributed by atoms with Crippen LogP contribution in [0.1, 0.15) is 43.6 Å². The minimum Gasteiger partial charge on any atom is -0.301 e. The molecule has 5 nitrogen and oxygen atoms in total. The lowest BCUT2D eigenvalue weighted by atomic mass is 9.87. The number of thiazole rings is 1. The molecule has 0 radical (unpaired) electrons. The van der Waals surface area contributed by atoms with Crippen LogP contribution >= 0.6 is 27.3 Å². The van der Waals surface area contributed by atoms with Crippen molar-refractivity contribution >= 4 is 58.4 Å². The Hall–Kier alpha value is -1.77. The molecule has 1 atom stereocenters. The van der Waals surface area contributed by atoms with Crippen molar-refractivity contribution < 1.29 is 13.2 Å². The lowest BCUT2D eigenvalue weighted by molar-refractivity contribution is -0.118. The van der Waals surface area contributed by atoms with Gasteiger partial charge in [-0.15, -0.1) is 0 Å². The second-order valence-corrected chi connectivity index (χ2v) is 11.7. The molecule has 30 heavy (non-hydrogen) atoms. The number of amides is 1. The van der Waals surface area contributed by atoms with E-state index in [4.69, 9.17) is 0 Å². The molecule has 0 saturated heterocycles. The van der Waals surface area contributed by atoms with Crippen molar-refractivity contribution in [2.45, 2.75) is 42.9 Å². The first-order valence-corrected chi connectivity index (χ1v) is 13.5. The Labute approximate surface area is 189 Å². The van der Waals surface area contributed by atoms with Gasteiger partial charge in [-0.25, -0.2) is 13.4 Å². The van der Waals surface area contributed by atoms with Crippen LogP contribution in [0.5, 0.6) is 0 Å². The van der Waals surface area contributed by atoms with Gasteiger partial charge >= 0.3 is 0 Å². The Morgan fingerprint density at radius 1 is 1.23 bits per heavy atom. The summed E-state index contributed by atoms with van der Waals surface area (Å²) in [6, 6.07) is 12.9. The van der Waals surface area contributed by atoms with Crippen LogP contribution in [0.15, 0.2) is 51.8 Å². The molecule has 2 aromatic carbocycles. The Kier molecular flexibility index (Phi) is 6.27. The van der Waals surface area contributed by atoms with E-state index in [-0.39, 0.29) is 16.7 Å². The predicted octanol–water partition coefficient (Wildman–Crippen LogP) is 5.76. The Morgan fingerprint density at radius 3 is 2.63 bits per heavy atom. The highest BCUT2D eigenvalue weighted by molar-refractivity contribution is 9.10. The monoisotopic (exact) mass is 506 g/mol. The Morgan fingerprint density at radius 2 is 1.97 bits per heavy atom. The average molecular weight is 507 g/mol. The third-order valence-corrected chi connectivity index (χ3v) is 8.67. The number of para-hydroxylation sites is 1. The van der Waals surface area contributed by atoms with Gasteiger partial charge in [0.1, 0.15) is 0 Å². The number of hydrogen-bond donors (Lipinski definition) is 1. The molecule has 0 spiro atoms. The van der Waals surface area contributed by atoms with Crippen molar-refractivity contribution in [3.05, 3.63) is 52.5 Å². The van der Waals surface area contributed by atoms with Crippen LogP contribution in [0.2, 0.25) is 0 Å². The summed E-state index contributed by atoms with van der Waals surface area (Å²) >= 11 is 4.84.